The summed E-state index contributed by atoms with van der Waals surface area (Å²) < 4.78 is 11.6. The fraction of sp³-hybridized carbons (Fsp3) is 0.286. The van der Waals surface area contributed by atoms with Crippen molar-refractivity contribution in [1.82, 2.24) is 4.90 Å². The molecule has 3 aromatic carbocycles. The standard InChI is InChI=1S/C28H32N4O4/c1-32-17-16-23(18-32)31-27(29)22-12-14-24(15-13-22)34-19-25(36-30)28(33)35-26(20-8-4-2-5-9-20)21-10-6-3-7-11-21/h2-15,23,25-26H,16-19,30H2,1H3,(H2,29,31). The predicted octanol–water partition coefficient (Wildman–Crippen LogP) is 3.07. The Morgan fingerprint density at radius 1 is 1.00 bits per heavy atom. The van der Waals surface area contributed by atoms with Crippen molar-refractivity contribution in [2.24, 2.45) is 16.6 Å². The van der Waals surface area contributed by atoms with Gasteiger partial charge in [-0.3, -0.25) is 9.83 Å². The number of aliphatic imine (C=N–C) groups is 1. The van der Waals surface area contributed by atoms with Crippen molar-refractivity contribution in [1.29, 1.82) is 0 Å². The van der Waals surface area contributed by atoms with Crippen molar-refractivity contribution in [3.05, 3.63) is 102 Å². The molecule has 2 atom stereocenters. The number of nitrogens with two attached hydrogens (primary N) is 2. The van der Waals surface area contributed by atoms with Gasteiger partial charge in [0.2, 0.25) is 6.10 Å². The predicted molar refractivity (Wildman–Crippen MR) is 138 cm³/mol. The first-order chi connectivity index (χ1) is 17.5. The molecular formula is C28H32N4O4. The highest BCUT2D eigenvalue weighted by Gasteiger charge is 2.27. The molecule has 36 heavy (non-hydrogen) atoms. The van der Waals surface area contributed by atoms with Crippen LogP contribution >= 0.6 is 0 Å². The van der Waals surface area contributed by atoms with Crippen molar-refractivity contribution in [2.75, 3.05) is 26.7 Å². The maximum Gasteiger partial charge on any atom is 0.341 e. The molecule has 1 fully saturated rings. The lowest BCUT2D eigenvalue weighted by molar-refractivity contribution is -0.163. The van der Waals surface area contributed by atoms with E-state index in [2.05, 4.69) is 16.9 Å². The normalized spacial score (nSPS) is 17.2. The summed E-state index contributed by atoms with van der Waals surface area (Å²) in [5.41, 5.74) is 8.69. The summed E-state index contributed by atoms with van der Waals surface area (Å²) in [4.78, 5) is 24.7. The third kappa shape index (κ3) is 6.69. The van der Waals surface area contributed by atoms with Gasteiger partial charge >= 0.3 is 5.97 Å². The minimum Gasteiger partial charge on any atom is -0.490 e. The lowest BCUT2D eigenvalue weighted by atomic mass is 10.0. The van der Waals surface area contributed by atoms with Gasteiger partial charge in [0, 0.05) is 12.1 Å². The van der Waals surface area contributed by atoms with Gasteiger partial charge in [0.15, 0.2) is 6.10 Å². The van der Waals surface area contributed by atoms with Crippen molar-refractivity contribution in [3.63, 3.8) is 0 Å². The Morgan fingerprint density at radius 3 is 2.14 bits per heavy atom. The fourth-order valence-corrected chi connectivity index (χ4v) is 4.12. The summed E-state index contributed by atoms with van der Waals surface area (Å²) in [6.07, 6.45) is -0.700. The number of hydrogen-bond acceptors (Lipinski definition) is 7. The number of carbonyl (C=O) groups is 1. The zero-order chi connectivity index (χ0) is 25.3. The summed E-state index contributed by atoms with van der Waals surface area (Å²) in [5.74, 6) is 5.85. The van der Waals surface area contributed by atoms with Crippen LogP contribution in [0.4, 0.5) is 0 Å². The zero-order valence-electron chi connectivity index (χ0n) is 20.3. The summed E-state index contributed by atoms with van der Waals surface area (Å²) in [7, 11) is 2.08. The first-order valence-corrected chi connectivity index (χ1v) is 11.9. The van der Waals surface area contributed by atoms with Gasteiger partial charge in [-0.1, -0.05) is 60.7 Å². The largest absolute Gasteiger partial charge is 0.490 e. The summed E-state index contributed by atoms with van der Waals surface area (Å²) in [6, 6.07) is 26.4. The Labute approximate surface area is 211 Å². The highest BCUT2D eigenvalue weighted by atomic mass is 16.7. The highest BCUT2D eigenvalue weighted by molar-refractivity contribution is 5.97. The van der Waals surface area contributed by atoms with Crippen LogP contribution < -0.4 is 16.4 Å². The number of nitrogens with zero attached hydrogens (tertiary/aromatic N) is 2. The van der Waals surface area contributed by atoms with Gasteiger partial charge in [-0.05, 0) is 55.4 Å². The topological polar surface area (TPSA) is 112 Å². The first kappa shape index (κ1) is 25.4. The lowest BCUT2D eigenvalue weighted by Crippen LogP contribution is -2.35. The fourth-order valence-electron chi connectivity index (χ4n) is 4.12. The Morgan fingerprint density at radius 2 is 1.61 bits per heavy atom. The molecule has 0 saturated carbocycles. The summed E-state index contributed by atoms with van der Waals surface area (Å²) in [5, 5.41) is 0. The van der Waals surface area contributed by atoms with Gasteiger partial charge in [0.25, 0.3) is 0 Å². The molecule has 1 aliphatic rings. The monoisotopic (exact) mass is 488 g/mol. The number of likely N-dealkylation sites (N-methyl/N-ethyl adjacent to an activating group) is 1. The molecule has 8 nitrogen and oxygen atoms in total. The summed E-state index contributed by atoms with van der Waals surface area (Å²) in [6.45, 7) is 1.83. The molecule has 2 unspecified atom stereocenters. The van der Waals surface area contributed by atoms with Crippen LogP contribution in [-0.4, -0.2) is 55.6 Å². The molecule has 0 aromatic heterocycles. The van der Waals surface area contributed by atoms with E-state index < -0.39 is 18.2 Å². The van der Waals surface area contributed by atoms with E-state index in [4.69, 9.17) is 25.9 Å². The quantitative estimate of drug-likeness (QED) is 0.195. The Balaban J connectivity index is 1.37. The SMILES string of the molecule is CN1CCC(N=C(N)c2ccc(OCC(ON)C(=O)OC(c3ccccc3)c3ccccc3)cc2)C1. The van der Waals surface area contributed by atoms with Crippen molar-refractivity contribution < 1.29 is 19.1 Å². The number of amidine groups is 1. The van der Waals surface area contributed by atoms with E-state index in [-0.39, 0.29) is 12.6 Å². The Kier molecular flexibility index (Phi) is 8.67. The maximum absolute atomic E-state index is 12.9. The number of hydrogen-bond donors (Lipinski definition) is 2. The van der Waals surface area contributed by atoms with Crippen LogP contribution in [0.5, 0.6) is 5.75 Å². The molecule has 188 valence electrons. The molecule has 4 N–H and O–H groups in total. The molecule has 0 amide bonds. The second-order valence-corrected chi connectivity index (χ2v) is 8.82. The van der Waals surface area contributed by atoms with Crippen LogP contribution in [-0.2, 0) is 14.4 Å². The van der Waals surface area contributed by atoms with E-state index in [0.717, 1.165) is 36.2 Å². The minimum absolute atomic E-state index is 0.108. The van der Waals surface area contributed by atoms with Crippen LogP contribution in [0.3, 0.4) is 0 Å². The number of ether oxygens (including phenoxy) is 2. The van der Waals surface area contributed by atoms with Crippen LogP contribution in [0.2, 0.25) is 0 Å². The van der Waals surface area contributed by atoms with Crippen LogP contribution in [0.25, 0.3) is 0 Å². The van der Waals surface area contributed by atoms with Crippen molar-refractivity contribution in [3.8, 4) is 5.75 Å². The van der Waals surface area contributed by atoms with Crippen LogP contribution in [0.15, 0.2) is 89.9 Å². The average Bonchev–Trinajstić information content (AvgIpc) is 3.33. The molecule has 0 spiro atoms. The smallest absolute Gasteiger partial charge is 0.341 e. The lowest BCUT2D eigenvalue weighted by Gasteiger charge is -2.22. The third-order valence-corrected chi connectivity index (χ3v) is 6.11. The number of likely N-dealkylation sites (tertiary alicyclic amines) is 1. The van der Waals surface area contributed by atoms with Gasteiger partial charge in [0.05, 0.1) is 6.04 Å². The van der Waals surface area contributed by atoms with E-state index in [1.54, 1.807) is 12.1 Å². The van der Waals surface area contributed by atoms with E-state index in [1.165, 1.54) is 0 Å². The van der Waals surface area contributed by atoms with E-state index in [1.807, 2.05) is 72.8 Å². The second-order valence-electron chi connectivity index (χ2n) is 8.82. The third-order valence-electron chi connectivity index (χ3n) is 6.11. The van der Waals surface area contributed by atoms with E-state index >= 15 is 0 Å². The van der Waals surface area contributed by atoms with E-state index in [9.17, 15) is 4.79 Å². The highest BCUT2D eigenvalue weighted by Crippen LogP contribution is 2.26. The molecule has 0 aliphatic carbocycles. The molecular weight excluding hydrogens is 456 g/mol. The van der Waals surface area contributed by atoms with Crippen LogP contribution in [0.1, 0.15) is 29.2 Å². The van der Waals surface area contributed by atoms with Gasteiger partial charge in [-0.2, -0.15) is 0 Å². The summed E-state index contributed by atoms with van der Waals surface area (Å²) >= 11 is 0. The molecule has 1 heterocycles. The molecule has 8 heteroatoms. The first-order valence-electron chi connectivity index (χ1n) is 11.9. The molecule has 0 radical (unpaired) electrons. The number of carbonyl (C=O) groups excluding carboxylic acids is 1. The average molecular weight is 489 g/mol. The molecule has 1 aliphatic heterocycles. The number of rotatable bonds is 10. The van der Waals surface area contributed by atoms with Crippen molar-refractivity contribution >= 4 is 11.8 Å². The van der Waals surface area contributed by atoms with Gasteiger partial charge in [0.1, 0.15) is 18.2 Å². The molecule has 4 rings (SSSR count). The second kappa shape index (κ2) is 12.3. The molecule has 1 saturated heterocycles. The maximum atomic E-state index is 12.9. The van der Waals surface area contributed by atoms with Gasteiger partial charge < -0.3 is 20.1 Å². The Hall–Kier alpha value is -3.72. The Bertz CT molecular complexity index is 1100. The van der Waals surface area contributed by atoms with E-state index in [0.29, 0.717) is 11.6 Å². The minimum atomic E-state index is -1.11. The van der Waals surface area contributed by atoms with Crippen LogP contribution in [0, 0.1) is 0 Å². The zero-order valence-corrected chi connectivity index (χ0v) is 20.3. The molecule has 0 bridgehead atoms. The number of benzene rings is 3. The number of esters is 1. The van der Waals surface area contributed by atoms with Gasteiger partial charge in [-0.25, -0.2) is 10.7 Å². The van der Waals surface area contributed by atoms with Gasteiger partial charge in [-0.15, -0.1) is 0 Å². The van der Waals surface area contributed by atoms with Crippen molar-refractivity contribution in [2.45, 2.75) is 24.7 Å². The molecule has 3 aromatic rings.